The summed E-state index contributed by atoms with van der Waals surface area (Å²) in [7, 11) is 3.54. The van der Waals surface area contributed by atoms with Crippen LogP contribution in [0, 0.1) is 0 Å². The van der Waals surface area contributed by atoms with E-state index in [4.69, 9.17) is 10.2 Å². The number of likely N-dealkylation sites (N-methyl/N-ethyl adjacent to an activating group) is 1. The van der Waals surface area contributed by atoms with Crippen LogP contribution in [0.1, 0.15) is 23.0 Å². The summed E-state index contributed by atoms with van der Waals surface area (Å²) in [4.78, 5) is 12.8. The second-order valence-electron chi connectivity index (χ2n) is 3.88. The molecule has 0 aliphatic rings. The average Bonchev–Trinajstić information content (AvgIpc) is 2.59. The number of aromatic nitrogens is 2. The van der Waals surface area contributed by atoms with Gasteiger partial charge in [0.05, 0.1) is 18.5 Å². The molecule has 0 aliphatic carbocycles. The molecular weight excluding hydrogens is 210 g/mol. The highest BCUT2D eigenvalue weighted by atomic mass is 16.4. The van der Waals surface area contributed by atoms with E-state index in [2.05, 4.69) is 5.10 Å². The zero-order valence-electron chi connectivity index (χ0n) is 9.71. The van der Waals surface area contributed by atoms with Gasteiger partial charge in [0.2, 0.25) is 0 Å². The fourth-order valence-electron chi connectivity index (χ4n) is 1.36. The van der Waals surface area contributed by atoms with Gasteiger partial charge < -0.3 is 10.2 Å². The third-order valence-electron chi connectivity index (χ3n) is 2.71. The smallest absolute Gasteiger partial charge is 0.339 e. The van der Waals surface area contributed by atoms with Gasteiger partial charge in [-0.05, 0) is 14.0 Å². The Balaban J connectivity index is 2.87. The highest BCUT2D eigenvalue weighted by Crippen LogP contribution is 2.11. The first-order chi connectivity index (χ1) is 7.47. The summed E-state index contributed by atoms with van der Waals surface area (Å²) in [5.74, 6) is -0.979. The number of aryl methyl sites for hydroxylation is 1. The van der Waals surface area contributed by atoms with E-state index < -0.39 is 5.97 Å². The van der Waals surface area contributed by atoms with Gasteiger partial charge in [-0.3, -0.25) is 9.58 Å². The molecule has 1 aromatic heterocycles. The number of aromatic carboxylic acids is 1. The number of hydrogen-bond donors (Lipinski definition) is 2. The number of carboxylic acid groups (broad SMARTS) is 1. The zero-order valence-corrected chi connectivity index (χ0v) is 9.71. The maximum atomic E-state index is 10.9. The second kappa shape index (κ2) is 5.09. The molecule has 1 unspecified atom stereocenters. The van der Waals surface area contributed by atoms with Crippen molar-refractivity contribution in [2.75, 3.05) is 13.7 Å². The van der Waals surface area contributed by atoms with Crippen molar-refractivity contribution >= 4 is 5.97 Å². The Morgan fingerprint density at radius 1 is 1.69 bits per heavy atom. The predicted molar refractivity (Wildman–Crippen MR) is 58.2 cm³/mol. The van der Waals surface area contributed by atoms with Gasteiger partial charge in [-0.25, -0.2) is 4.79 Å². The van der Waals surface area contributed by atoms with Crippen molar-refractivity contribution in [1.82, 2.24) is 14.7 Å². The third kappa shape index (κ3) is 2.59. The molecule has 0 bridgehead atoms. The average molecular weight is 227 g/mol. The standard InChI is InChI=1S/C10H17N3O3/c1-7(6-14)12(2)5-9-8(10(15)16)4-11-13(9)3/h4,7,14H,5-6H2,1-3H3,(H,15,16). The maximum Gasteiger partial charge on any atom is 0.339 e. The first kappa shape index (κ1) is 12.7. The van der Waals surface area contributed by atoms with E-state index in [0.717, 1.165) is 0 Å². The second-order valence-corrected chi connectivity index (χ2v) is 3.88. The number of carboxylic acids is 1. The Morgan fingerprint density at radius 3 is 2.81 bits per heavy atom. The first-order valence-corrected chi connectivity index (χ1v) is 5.02. The molecule has 1 aromatic rings. The molecule has 0 aromatic carbocycles. The highest BCUT2D eigenvalue weighted by Gasteiger charge is 2.18. The molecule has 1 atom stereocenters. The minimum atomic E-state index is -0.979. The van der Waals surface area contributed by atoms with Gasteiger partial charge in [-0.2, -0.15) is 5.10 Å². The Labute approximate surface area is 94.1 Å². The fraction of sp³-hybridized carbons (Fsp3) is 0.600. The summed E-state index contributed by atoms with van der Waals surface area (Å²) in [6, 6.07) is -0.0171. The molecule has 0 saturated heterocycles. The van der Waals surface area contributed by atoms with Crippen LogP contribution in [0.4, 0.5) is 0 Å². The fourth-order valence-corrected chi connectivity index (χ4v) is 1.36. The SMILES string of the molecule is CC(CO)N(C)Cc1c(C(=O)O)cnn1C. The van der Waals surface area contributed by atoms with Gasteiger partial charge in [0.15, 0.2) is 0 Å². The molecular formula is C10H17N3O3. The first-order valence-electron chi connectivity index (χ1n) is 5.02. The van der Waals surface area contributed by atoms with Gasteiger partial charge in [0, 0.05) is 19.6 Å². The number of rotatable bonds is 5. The van der Waals surface area contributed by atoms with Gasteiger partial charge >= 0.3 is 5.97 Å². The number of carbonyl (C=O) groups is 1. The van der Waals surface area contributed by atoms with Crippen molar-refractivity contribution in [2.24, 2.45) is 7.05 Å². The lowest BCUT2D eigenvalue weighted by atomic mass is 10.2. The van der Waals surface area contributed by atoms with Crippen LogP contribution in [0.3, 0.4) is 0 Å². The molecule has 1 rings (SSSR count). The van der Waals surface area contributed by atoms with Crippen LogP contribution in [-0.4, -0.2) is 50.6 Å². The normalized spacial score (nSPS) is 13.1. The van der Waals surface area contributed by atoms with E-state index in [9.17, 15) is 4.79 Å². The van der Waals surface area contributed by atoms with E-state index in [1.807, 2.05) is 18.9 Å². The monoisotopic (exact) mass is 227 g/mol. The molecule has 6 nitrogen and oxygen atoms in total. The molecule has 0 aliphatic heterocycles. The summed E-state index contributed by atoms with van der Waals surface area (Å²) in [5.41, 5.74) is 0.842. The largest absolute Gasteiger partial charge is 0.478 e. The molecule has 0 radical (unpaired) electrons. The van der Waals surface area contributed by atoms with Crippen molar-refractivity contribution in [3.8, 4) is 0 Å². The number of nitrogens with zero attached hydrogens (tertiary/aromatic N) is 3. The molecule has 2 N–H and O–H groups in total. The molecule has 0 spiro atoms. The van der Waals surface area contributed by atoms with Crippen LogP contribution >= 0.6 is 0 Å². The van der Waals surface area contributed by atoms with E-state index >= 15 is 0 Å². The van der Waals surface area contributed by atoms with Crippen molar-refractivity contribution in [3.05, 3.63) is 17.5 Å². The number of aliphatic hydroxyl groups is 1. The quantitative estimate of drug-likeness (QED) is 0.736. The van der Waals surface area contributed by atoms with Crippen LogP contribution in [0.15, 0.2) is 6.20 Å². The number of hydrogen-bond acceptors (Lipinski definition) is 4. The third-order valence-corrected chi connectivity index (χ3v) is 2.71. The van der Waals surface area contributed by atoms with Crippen LogP contribution < -0.4 is 0 Å². The van der Waals surface area contributed by atoms with E-state index in [1.165, 1.54) is 6.20 Å². The summed E-state index contributed by atoms with van der Waals surface area (Å²) in [6.07, 6.45) is 1.34. The highest BCUT2D eigenvalue weighted by molar-refractivity contribution is 5.88. The summed E-state index contributed by atoms with van der Waals surface area (Å²) >= 11 is 0. The lowest BCUT2D eigenvalue weighted by molar-refractivity contribution is 0.0693. The summed E-state index contributed by atoms with van der Waals surface area (Å²) in [6.45, 7) is 2.35. The topological polar surface area (TPSA) is 78.6 Å². The molecule has 6 heteroatoms. The lowest BCUT2D eigenvalue weighted by Crippen LogP contribution is -2.32. The van der Waals surface area contributed by atoms with E-state index in [1.54, 1.807) is 11.7 Å². The summed E-state index contributed by atoms with van der Waals surface area (Å²) < 4.78 is 1.55. The van der Waals surface area contributed by atoms with Crippen molar-refractivity contribution in [3.63, 3.8) is 0 Å². The van der Waals surface area contributed by atoms with E-state index in [-0.39, 0.29) is 18.2 Å². The summed E-state index contributed by atoms with van der Waals surface area (Å²) in [5, 5.41) is 21.9. The van der Waals surface area contributed by atoms with Gasteiger partial charge in [-0.15, -0.1) is 0 Å². The van der Waals surface area contributed by atoms with Gasteiger partial charge in [0.25, 0.3) is 0 Å². The Hall–Kier alpha value is -1.40. The number of aliphatic hydroxyl groups excluding tert-OH is 1. The van der Waals surface area contributed by atoms with Crippen LogP contribution in [0.5, 0.6) is 0 Å². The van der Waals surface area contributed by atoms with Crippen LogP contribution in [0.25, 0.3) is 0 Å². The Morgan fingerprint density at radius 2 is 2.31 bits per heavy atom. The van der Waals surface area contributed by atoms with Crippen LogP contribution in [-0.2, 0) is 13.6 Å². The zero-order chi connectivity index (χ0) is 12.3. The molecule has 16 heavy (non-hydrogen) atoms. The molecule has 0 fully saturated rings. The predicted octanol–water partition coefficient (Wildman–Crippen LogP) is -0.0691. The minimum Gasteiger partial charge on any atom is -0.478 e. The minimum absolute atomic E-state index is 0.0171. The van der Waals surface area contributed by atoms with Crippen LogP contribution in [0.2, 0.25) is 0 Å². The molecule has 0 saturated carbocycles. The lowest BCUT2D eigenvalue weighted by Gasteiger charge is -2.22. The van der Waals surface area contributed by atoms with Crippen molar-refractivity contribution in [1.29, 1.82) is 0 Å². The molecule has 0 amide bonds. The Bertz CT molecular complexity index is 375. The van der Waals surface area contributed by atoms with Gasteiger partial charge in [0.1, 0.15) is 5.56 Å². The molecule has 90 valence electrons. The van der Waals surface area contributed by atoms with Crippen molar-refractivity contribution < 1.29 is 15.0 Å². The van der Waals surface area contributed by atoms with Gasteiger partial charge in [-0.1, -0.05) is 0 Å². The van der Waals surface area contributed by atoms with E-state index in [0.29, 0.717) is 12.2 Å². The Kier molecular flexibility index (Phi) is 4.03. The van der Waals surface area contributed by atoms with Crippen molar-refractivity contribution in [2.45, 2.75) is 19.5 Å². The maximum absolute atomic E-state index is 10.9. The molecule has 1 heterocycles.